The number of hydrogen-bond donors (Lipinski definition) is 1. The van der Waals surface area contributed by atoms with Gasteiger partial charge < -0.3 is 15.4 Å². The molecular formula is C14H20N2O2. The van der Waals surface area contributed by atoms with Gasteiger partial charge in [0.15, 0.2) is 5.78 Å². The fraction of sp³-hybridized carbons (Fsp3) is 0.500. The lowest BCUT2D eigenvalue weighted by Crippen LogP contribution is -2.46. The number of likely N-dealkylation sites (N-methyl/N-ethyl adjacent to an activating group) is 1. The Hall–Kier alpha value is -1.55. The molecule has 4 heteroatoms. The summed E-state index contributed by atoms with van der Waals surface area (Å²) >= 11 is 0. The highest BCUT2D eigenvalue weighted by atomic mass is 16.5. The number of anilines is 1. The number of nitrogens with zero attached hydrogens (tertiary/aromatic N) is 1. The van der Waals surface area contributed by atoms with Crippen molar-refractivity contribution in [1.82, 2.24) is 0 Å². The Morgan fingerprint density at radius 2 is 2.22 bits per heavy atom. The number of ketones is 1. The van der Waals surface area contributed by atoms with Crippen LogP contribution in [0, 0.1) is 0 Å². The van der Waals surface area contributed by atoms with Crippen LogP contribution < -0.4 is 15.4 Å². The molecule has 0 aliphatic carbocycles. The molecule has 1 aliphatic heterocycles. The van der Waals surface area contributed by atoms with Crippen LogP contribution in [0.2, 0.25) is 0 Å². The van der Waals surface area contributed by atoms with Crippen LogP contribution in [0.4, 0.5) is 5.69 Å². The summed E-state index contributed by atoms with van der Waals surface area (Å²) in [6.07, 6.45) is 0. The van der Waals surface area contributed by atoms with E-state index in [-0.39, 0.29) is 17.9 Å². The summed E-state index contributed by atoms with van der Waals surface area (Å²) < 4.78 is 5.94. The summed E-state index contributed by atoms with van der Waals surface area (Å²) in [6, 6.07) is 5.52. The van der Waals surface area contributed by atoms with Gasteiger partial charge in [0.25, 0.3) is 0 Å². The number of hydrogen-bond acceptors (Lipinski definition) is 4. The first-order valence-corrected chi connectivity index (χ1v) is 6.28. The van der Waals surface area contributed by atoms with Gasteiger partial charge in [0.05, 0.1) is 18.8 Å². The third kappa shape index (κ3) is 2.34. The maximum absolute atomic E-state index is 11.6. The van der Waals surface area contributed by atoms with Gasteiger partial charge in [-0.05, 0) is 39.0 Å². The number of benzene rings is 1. The topological polar surface area (TPSA) is 55.6 Å². The van der Waals surface area contributed by atoms with Crippen LogP contribution in [0.15, 0.2) is 18.2 Å². The largest absolute Gasteiger partial charge is 0.484 e. The van der Waals surface area contributed by atoms with Crippen LogP contribution in [0.25, 0.3) is 0 Å². The Morgan fingerprint density at radius 1 is 1.50 bits per heavy atom. The van der Waals surface area contributed by atoms with Crippen molar-refractivity contribution in [3.8, 4) is 5.75 Å². The number of carbonyl (C=O) groups excluding carboxylic acids is 1. The second-order valence-electron chi connectivity index (χ2n) is 5.19. The Kier molecular flexibility index (Phi) is 3.30. The summed E-state index contributed by atoms with van der Waals surface area (Å²) in [7, 11) is 0. The zero-order valence-corrected chi connectivity index (χ0v) is 11.2. The molecule has 2 rings (SSSR count). The van der Waals surface area contributed by atoms with E-state index >= 15 is 0 Å². The van der Waals surface area contributed by atoms with Gasteiger partial charge in [0.1, 0.15) is 11.4 Å². The van der Waals surface area contributed by atoms with Gasteiger partial charge in [-0.1, -0.05) is 0 Å². The van der Waals surface area contributed by atoms with E-state index < -0.39 is 0 Å². The van der Waals surface area contributed by atoms with Gasteiger partial charge in [0.2, 0.25) is 0 Å². The van der Waals surface area contributed by atoms with Crippen molar-refractivity contribution in [3.63, 3.8) is 0 Å². The number of fused-ring (bicyclic) bond motifs is 1. The number of Topliss-reactive ketones (excluding diaryl/α,β-unsaturated/α-hetero) is 1. The Morgan fingerprint density at radius 3 is 2.83 bits per heavy atom. The van der Waals surface area contributed by atoms with Crippen molar-refractivity contribution in [1.29, 1.82) is 0 Å². The van der Waals surface area contributed by atoms with E-state index in [0.29, 0.717) is 5.56 Å². The van der Waals surface area contributed by atoms with Gasteiger partial charge in [0, 0.05) is 12.1 Å². The third-order valence-electron chi connectivity index (χ3n) is 3.15. The molecule has 0 radical (unpaired) electrons. The molecule has 98 valence electrons. The summed E-state index contributed by atoms with van der Waals surface area (Å²) in [5.41, 5.74) is 6.82. The van der Waals surface area contributed by atoms with Crippen LogP contribution >= 0.6 is 0 Å². The lowest BCUT2D eigenvalue weighted by molar-refractivity contribution is 0.0999. The van der Waals surface area contributed by atoms with Gasteiger partial charge >= 0.3 is 0 Å². The van der Waals surface area contributed by atoms with Crippen molar-refractivity contribution in [2.75, 3.05) is 24.5 Å². The van der Waals surface area contributed by atoms with E-state index in [9.17, 15) is 4.79 Å². The first kappa shape index (κ1) is 12.9. The SMILES string of the molecule is CCN1CC(C)(C)Oc2ccc(C(=O)CN)cc21. The Bertz CT molecular complexity index is 469. The standard InChI is InChI=1S/C14H20N2O2/c1-4-16-9-14(2,3)18-13-6-5-10(7-11(13)16)12(17)8-15/h5-7H,4,8-9,15H2,1-3H3. The van der Waals surface area contributed by atoms with Crippen LogP contribution in [0.3, 0.4) is 0 Å². The predicted molar refractivity (Wildman–Crippen MR) is 72.4 cm³/mol. The molecule has 0 atom stereocenters. The monoisotopic (exact) mass is 248 g/mol. The highest BCUT2D eigenvalue weighted by Gasteiger charge is 2.31. The predicted octanol–water partition coefficient (Wildman–Crippen LogP) is 1.83. The minimum Gasteiger partial charge on any atom is -0.484 e. The Balaban J connectivity index is 2.42. The molecule has 1 aromatic carbocycles. The highest BCUT2D eigenvalue weighted by Crippen LogP contribution is 2.37. The van der Waals surface area contributed by atoms with Crippen molar-refractivity contribution >= 4 is 11.5 Å². The highest BCUT2D eigenvalue weighted by molar-refractivity contribution is 5.98. The van der Waals surface area contributed by atoms with E-state index in [1.807, 2.05) is 12.1 Å². The van der Waals surface area contributed by atoms with Crippen LogP contribution in [0.1, 0.15) is 31.1 Å². The lowest BCUT2D eigenvalue weighted by Gasteiger charge is -2.40. The molecule has 0 bridgehead atoms. The first-order chi connectivity index (χ1) is 8.46. The van der Waals surface area contributed by atoms with E-state index in [1.54, 1.807) is 6.07 Å². The second-order valence-corrected chi connectivity index (χ2v) is 5.19. The summed E-state index contributed by atoms with van der Waals surface area (Å²) in [6.45, 7) is 7.98. The molecule has 0 aromatic heterocycles. The van der Waals surface area contributed by atoms with Crippen molar-refractivity contribution in [2.24, 2.45) is 5.73 Å². The lowest BCUT2D eigenvalue weighted by atomic mass is 10.0. The molecule has 0 saturated heterocycles. The van der Waals surface area contributed by atoms with E-state index in [2.05, 4.69) is 25.7 Å². The van der Waals surface area contributed by atoms with Crippen molar-refractivity contribution in [2.45, 2.75) is 26.4 Å². The fourth-order valence-electron chi connectivity index (χ4n) is 2.30. The molecule has 0 spiro atoms. The maximum atomic E-state index is 11.6. The number of ether oxygens (including phenoxy) is 1. The average molecular weight is 248 g/mol. The minimum absolute atomic E-state index is 0.0390. The van der Waals surface area contributed by atoms with Crippen LogP contribution in [-0.2, 0) is 0 Å². The Labute approximate surface area is 108 Å². The minimum atomic E-state index is -0.206. The molecular weight excluding hydrogens is 228 g/mol. The summed E-state index contributed by atoms with van der Waals surface area (Å²) in [4.78, 5) is 13.9. The van der Waals surface area contributed by atoms with Gasteiger partial charge in [-0.15, -0.1) is 0 Å². The maximum Gasteiger partial charge on any atom is 0.176 e. The van der Waals surface area contributed by atoms with Crippen LogP contribution in [0.5, 0.6) is 5.75 Å². The number of carbonyl (C=O) groups is 1. The molecule has 0 unspecified atom stereocenters. The molecule has 4 nitrogen and oxygen atoms in total. The van der Waals surface area contributed by atoms with Crippen LogP contribution in [-0.4, -0.2) is 31.0 Å². The molecule has 18 heavy (non-hydrogen) atoms. The molecule has 2 N–H and O–H groups in total. The molecule has 1 aliphatic rings. The molecule has 0 fully saturated rings. The zero-order valence-electron chi connectivity index (χ0n) is 11.2. The zero-order chi connectivity index (χ0) is 13.3. The molecule has 1 heterocycles. The number of nitrogens with two attached hydrogens (primary N) is 1. The second kappa shape index (κ2) is 4.61. The molecule has 0 saturated carbocycles. The van der Waals surface area contributed by atoms with E-state index in [0.717, 1.165) is 24.5 Å². The molecule has 0 amide bonds. The fourth-order valence-corrected chi connectivity index (χ4v) is 2.30. The third-order valence-corrected chi connectivity index (χ3v) is 3.15. The van der Waals surface area contributed by atoms with E-state index in [1.165, 1.54) is 0 Å². The summed E-state index contributed by atoms with van der Waals surface area (Å²) in [5.74, 6) is 0.792. The van der Waals surface area contributed by atoms with Gasteiger partial charge in [-0.25, -0.2) is 0 Å². The van der Waals surface area contributed by atoms with Gasteiger partial charge in [-0.3, -0.25) is 4.79 Å². The summed E-state index contributed by atoms with van der Waals surface area (Å²) in [5, 5.41) is 0. The average Bonchev–Trinajstić information content (AvgIpc) is 2.35. The number of rotatable bonds is 3. The van der Waals surface area contributed by atoms with Gasteiger partial charge in [-0.2, -0.15) is 0 Å². The normalized spacial score (nSPS) is 17.0. The smallest absolute Gasteiger partial charge is 0.176 e. The van der Waals surface area contributed by atoms with Crippen molar-refractivity contribution in [3.05, 3.63) is 23.8 Å². The van der Waals surface area contributed by atoms with E-state index in [4.69, 9.17) is 10.5 Å². The van der Waals surface area contributed by atoms with Crippen molar-refractivity contribution < 1.29 is 9.53 Å². The first-order valence-electron chi connectivity index (χ1n) is 6.28. The quantitative estimate of drug-likeness (QED) is 0.829. The molecule has 1 aromatic rings.